The third kappa shape index (κ3) is 5.98. The quantitative estimate of drug-likeness (QED) is 0.494. The van der Waals surface area contributed by atoms with Crippen molar-refractivity contribution in [3.63, 3.8) is 0 Å². The van der Waals surface area contributed by atoms with Gasteiger partial charge in [0, 0.05) is 18.5 Å². The highest BCUT2D eigenvalue weighted by atomic mass is 16.5. The number of ether oxygens (including phenoxy) is 1. The van der Waals surface area contributed by atoms with Crippen LogP contribution >= 0.6 is 0 Å². The van der Waals surface area contributed by atoms with Crippen molar-refractivity contribution in [1.82, 2.24) is 14.7 Å². The van der Waals surface area contributed by atoms with E-state index in [0.717, 1.165) is 38.4 Å². The van der Waals surface area contributed by atoms with Crippen molar-refractivity contribution in [2.24, 2.45) is 5.92 Å². The molecule has 1 fully saturated rings. The SMILES string of the molecule is CC(C)COc1ccc(Cn2cc(Cc3ccccc3)c(C3CCN(C)CC3)n2)cc1. The minimum Gasteiger partial charge on any atom is -0.493 e. The van der Waals surface area contributed by atoms with Crippen molar-refractivity contribution in [2.75, 3.05) is 26.7 Å². The van der Waals surface area contributed by atoms with Crippen LogP contribution in [-0.4, -0.2) is 41.4 Å². The summed E-state index contributed by atoms with van der Waals surface area (Å²) in [6.07, 6.45) is 5.60. The summed E-state index contributed by atoms with van der Waals surface area (Å²) < 4.78 is 7.96. The molecule has 2 aromatic carbocycles. The maximum absolute atomic E-state index is 5.82. The molecule has 1 saturated heterocycles. The van der Waals surface area contributed by atoms with Crippen molar-refractivity contribution in [3.8, 4) is 5.75 Å². The molecule has 4 rings (SSSR count). The fourth-order valence-corrected chi connectivity index (χ4v) is 4.28. The largest absolute Gasteiger partial charge is 0.493 e. The predicted octanol–water partition coefficient (Wildman–Crippen LogP) is 5.37. The van der Waals surface area contributed by atoms with E-state index in [9.17, 15) is 0 Å². The van der Waals surface area contributed by atoms with E-state index in [2.05, 4.69) is 91.3 Å². The van der Waals surface area contributed by atoms with E-state index in [-0.39, 0.29) is 0 Å². The number of piperidine rings is 1. The molecule has 0 aliphatic carbocycles. The molecule has 0 amide bonds. The molecule has 31 heavy (non-hydrogen) atoms. The third-order valence-electron chi connectivity index (χ3n) is 6.06. The molecule has 1 aromatic heterocycles. The van der Waals surface area contributed by atoms with E-state index in [0.29, 0.717) is 11.8 Å². The molecule has 0 N–H and O–H groups in total. The van der Waals surface area contributed by atoms with E-state index in [1.165, 1.54) is 35.2 Å². The molecular weight excluding hydrogens is 382 g/mol. The van der Waals surface area contributed by atoms with Gasteiger partial charge in [0.1, 0.15) is 5.75 Å². The Hall–Kier alpha value is -2.59. The summed E-state index contributed by atoms with van der Waals surface area (Å²) >= 11 is 0. The van der Waals surface area contributed by atoms with Gasteiger partial charge in [-0.25, -0.2) is 0 Å². The van der Waals surface area contributed by atoms with Gasteiger partial charge in [0.15, 0.2) is 0 Å². The van der Waals surface area contributed by atoms with Gasteiger partial charge in [-0.2, -0.15) is 5.10 Å². The van der Waals surface area contributed by atoms with Gasteiger partial charge in [-0.15, -0.1) is 0 Å². The molecule has 0 bridgehead atoms. The molecule has 4 heteroatoms. The van der Waals surface area contributed by atoms with Gasteiger partial charge in [0.05, 0.1) is 18.8 Å². The van der Waals surface area contributed by atoms with E-state index in [1.807, 2.05) is 0 Å². The Morgan fingerprint density at radius 2 is 1.68 bits per heavy atom. The van der Waals surface area contributed by atoms with Crippen LogP contribution in [0.4, 0.5) is 0 Å². The lowest BCUT2D eigenvalue weighted by atomic mass is 9.90. The highest BCUT2D eigenvalue weighted by Crippen LogP contribution is 2.30. The van der Waals surface area contributed by atoms with Crippen LogP contribution in [0.15, 0.2) is 60.8 Å². The lowest BCUT2D eigenvalue weighted by molar-refractivity contribution is 0.252. The molecule has 0 saturated carbocycles. The Bertz CT molecular complexity index is 938. The molecule has 0 spiro atoms. The van der Waals surface area contributed by atoms with Gasteiger partial charge in [0.25, 0.3) is 0 Å². The van der Waals surface area contributed by atoms with Crippen LogP contribution in [0, 0.1) is 5.92 Å². The second-order valence-electron chi connectivity index (χ2n) is 9.33. The van der Waals surface area contributed by atoms with Crippen LogP contribution in [0.5, 0.6) is 5.75 Å². The topological polar surface area (TPSA) is 30.3 Å². The zero-order valence-corrected chi connectivity index (χ0v) is 19.1. The lowest BCUT2D eigenvalue weighted by Gasteiger charge is -2.28. The lowest BCUT2D eigenvalue weighted by Crippen LogP contribution is -2.29. The molecule has 2 heterocycles. The molecular formula is C27H35N3O. The first-order valence-corrected chi connectivity index (χ1v) is 11.6. The van der Waals surface area contributed by atoms with Crippen LogP contribution in [0.3, 0.4) is 0 Å². The Labute approximate surface area is 186 Å². The summed E-state index contributed by atoms with van der Waals surface area (Å²) in [5.41, 5.74) is 5.27. The highest BCUT2D eigenvalue weighted by molar-refractivity contribution is 5.31. The smallest absolute Gasteiger partial charge is 0.119 e. The minimum absolute atomic E-state index is 0.532. The number of nitrogens with zero attached hydrogens (tertiary/aromatic N) is 3. The number of hydrogen-bond acceptors (Lipinski definition) is 3. The first-order valence-electron chi connectivity index (χ1n) is 11.6. The average molecular weight is 418 g/mol. The maximum atomic E-state index is 5.82. The molecule has 4 nitrogen and oxygen atoms in total. The Morgan fingerprint density at radius 1 is 0.968 bits per heavy atom. The van der Waals surface area contributed by atoms with Crippen molar-refractivity contribution in [2.45, 2.75) is 45.6 Å². The highest BCUT2D eigenvalue weighted by Gasteiger charge is 2.24. The normalized spacial score (nSPS) is 15.5. The first kappa shape index (κ1) is 21.6. The molecule has 0 atom stereocenters. The van der Waals surface area contributed by atoms with E-state index < -0.39 is 0 Å². The summed E-state index contributed by atoms with van der Waals surface area (Å²) in [5.74, 6) is 2.03. The Morgan fingerprint density at radius 3 is 2.35 bits per heavy atom. The summed E-state index contributed by atoms with van der Waals surface area (Å²) in [5, 5.41) is 5.10. The van der Waals surface area contributed by atoms with Crippen molar-refractivity contribution in [3.05, 3.63) is 83.2 Å². The molecule has 1 aliphatic rings. The number of likely N-dealkylation sites (tertiary alicyclic amines) is 1. The average Bonchev–Trinajstić information content (AvgIpc) is 3.16. The van der Waals surface area contributed by atoms with Crippen LogP contribution in [0.1, 0.15) is 55.0 Å². The Balaban J connectivity index is 1.51. The summed E-state index contributed by atoms with van der Waals surface area (Å²) in [4.78, 5) is 2.42. The fraction of sp³-hybridized carbons (Fsp3) is 0.444. The number of aromatic nitrogens is 2. The molecule has 164 valence electrons. The Kier molecular flexibility index (Phi) is 7.08. The predicted molar refractivity (Wildman–Crippen MR) is 127 cm³/mol. The summed E-state index contributed by atoms with van der Waals surface area (Å²) in [6, 6.07) is 19.2. The molecule has 1 aliphatic heterocycles. The van der Waals surface area contributed by atoms with E-state index in [1.54, 1.807) is 0 Å². The standard InChI is InChI=1S/C27H35N3O/c1-21(2)20-31-26-11-9-23(10-12-26)18-30-19-25(17-22-7-5-4-6-8-22)27(28-30)24-13-15-29(3)16-14-24/h4-12,19,21,24H,13-18,20H2,1-3H3. The van der Waals surface area contributed by atoms with Crippen molar-refractivity contribution >= 4 is 0 Å². The zero-order valence-electron chi connectivity index (χ0n) is 19.1. The zero-order chi connectivity index (χ0) is 21.6. The molecule has 0 radical (unpaired) electrons. The van der Waals surface area contributed by atoms with Gasteiger partial charge in [-0.1, -0.05) is 56.3 Å². The fourth-order valence-electron chi connectivity index (χ4n) is 4.28. The third-order valence-corrected chi connectivity index (χ3v) is 6.06. The molecule has 0 unspecified atom stereocenters. The summed E-state index contributed by atoms with van der Waals surface area (Å²) in [6.45, 7) is 8.18. The van der Waals surface area contributed by atoms with Crippen LogP contribution < -0.4 is 4.74 Å². The van der Waals surface area contributed by atoms with Crippen LogP contribution in [-0.2, 0) is 13.0 Å². The monoisotopic (exact) mass is 417 g/mol. The van der Waals surface area contributed by atoms with Gasteiger partial charge in [0.2, 0.25) is 0 Å². The molecule has 3 aromatic rings. The maximum Gasteiger partial charge on any atom is 0.119 e. The van der Waals surface area contributed by atoms with Gasteiger partial charge < -0.3 is 9.64 Å². The number of hydrogen-bond donors (Lipinski definition) is 0. The summed E-state index contributed by atoms with van der Waals surface area (Å²) in [7, 11) is 2.22. The van der Waals surface area contributed by atoms with Gasteiger partial charge >= 0.3 is 0 Å². The van der Waals surface area contributed by atoms with Crippen molar-refractivity contribution in [1.29, 1.82) is 0 Å². The number of rotatable bonds is 8. The van der Waals surface area contributed by atoms with E-state index in [4.69, 9.17) is 9.84 Å². The van der Waals surface area contributed by atoms with Gasteiger partial charge in [-0.05, 0) is 67.7 Å². The minimum atomic E-state index is 0.532. The second-order valence-corrected chi connectivity index (χ2v) is 9.33. The van der Waals surface area contributed by atoms with Crippen LogP contribution in [0.2, 0.25) is 0 Å². The van der Waals surface area contributed by atoms with E-state index >= 15 is 0 Å². The number of benzene rings is 2. The van der Waals surface area contributed by atoms with Crippen molar-refractivity contribution < 1.29 is 4.74 Å². The van der Waals surface area contributed by atoms with Gasteiger partial charge in [-0.3, -0.25) is 4.68 Å². The van der Waals surface area contributed by atoms with Crippen LogP contribution in [0.25, 0.3) is 0 Å². The second kappa shape index (κ2) is 10.1. The first-order chi connectivity index (χ1) is 15.1.